The largest absolute Gasteiger partial charge is 0.460 e. The van der Waals surface area contributed by atoms with Crippen molar-refractivity contribution in [3.63, 3.8) is 0 Å². The van der Waals surface area contributed by atoms with E-state index < -0.39 is 24.2 Å². The van der Waals surface area contributed by atoms with Crippen molar-refractivity contribution >= 4 is 29.5 Å². The summed E-state index contributed by atoms with van der Waals surface area (Å²) in [6.45, 7) is 12.9. The maximum Gasteiger partial charge on any atom is 0.330 e. The van der Waals surface area contributed by atoms with Crippen molar-refractivity contribution in [2.45, 2.75) is 41.2 Å². The number of rotatable bonds is 11. The zero-order valence-corrected chi connectivity index (χ0v) is 23.4. The van der Waals surface area contributed by atoms with Crippen molar-refractivity contribution in [3.8, 4) is 0 Å². The minimum atomic E-state index is -4.24. The molecule has 0 aliphatic heterocycles. The van der Waals surface area contributed by atoms with Gasteiger partial charge in [-0.25, -0.2) is 4.79 Å². The first-order valence-electron chi connectivity index (χ1n) is 12.3. The summed E-state index contributed by atoms with van der Waals surface area (Å²) in [6.07, 6.45) is 1.09. The highest BCUT2D eigenvalue weighted by Crippen LogP contribution is 2.52. The summed E-state index contributed by atoms with van der Waals surface area (Å²) in [5.74, 6) is -0.517. The van der Waals surface area contributed by atoms with Crippen LogP contribution in [0.15, 0.2) is 67.3 Å². The SMILES string of the molecule is C=CC(=O)OCCOCc1cc(C)c(C(=O)P(=O)(C(=O)c2c(C)cc(C)cc2C)c2ccccc2)c(C)c1. The first-order valence-corrected chi connectivity index (χ1v) is 14.0. The number of ether oxygens (including phenoxy) is 2. The summed E-state index contributed by atoms with van der Waals surface area (Å²) in [4.78, 5) is 39.3. The molecule has 0 saturated carbocycles. The lowest BCUT2D eigenvalue weighted by molar-refractivity contribution is -0.139. The Balaban J connectivity index is 1.99. The molecule has 3 aromatic rings. The van der Waals surface area contributed by atoms with Gasteiger partial charge in [-0.3, -0.25) is 9.59 Å². The summed E-state index contributed by atoms with van der Waals surface area (Å²) in [6, 6.07) is 15.6. The number of benzene rings is 3. The lowest BCUT2D eigenvalue weighted by atomic mass is 10.0. The Bertz CT molecular complexity index is 1390. The van der Waals surface area contributed by atoms with E-state index in [1.807, 2.05) is 19.1 Å². The molecule has 0 bridgehead atoms. The molecule has 0 heterocycles. The van der Waals surface area contributed by atoms with Gasteiger partial charge in [0.1, 0.15) is 6.61 Å². The predicted molar refractivity (Wildman–Crippen MR) is 150 cm³/mol. The van der Waals surface area contributed by atoms with Gasteiger partial charge in [0.25, 0.3) is 0 Å². The van der Waals surface area contributed by atoms with Crippen LogP contribution in [0.2, 0.25) is 0 Å². The van der Waals surface area contributed by atoms with Crippen LogP contribution in [0.1, 0.15) is 54.1 Å². The van der Waals surface area contributed by atoms with Gasteiger partial charge in [0.2, 0.25) is 18.2 Å². The fourth-order valence-electron chi connectivity index (χ4n) is 4.72. The van der Waals surface area contributed by atoms with Gasteiger partial charge >= 0.3 is 5.97 Å². The Morgan fingerprint density at radius 2 is 1.29 bits per heavy atom. The fourth-order valence-corrected chi connectivity index (χ4v) is 7.30. The molecule has 3 rings (SSSR count). The summed E-state index contributed by atoms with van der Waals surface area (Å²) in [7, 11) is -4.24. The van der Waals surface area contributed by atoms with Crippen molar-refractivity contribution in [1.29, 1.82) is 0 Å². The van der Waals surface area contributed by atoms with Gasteiger partial charge in [-0.2, -0.15) is 0 Å². The van der Waals surface area contributed by atoms with Gasteiger partial charge in [0.15, 0.2) is 0 Å². The molecule has 0 fully saturated rings. The van der Waals surface area contributed by atoms with Crippen molar-refractivity contribution in [3.05, 3.63) is 112 Å². The standard InChI is InChI=1S/C31H33O6P/c1-7-27(32)37-14-13-36-19-25-17-23(5)29(24(6)18-25)31(34)38(35,26-11-9-8-10-12-26)30(33)28-21(3)15-20(2)16-22(28)4/h7-12,15-18H,1,13-14,19H2,2-6H3. The molecule has 0 aliphatic rings. The predicted octanol–water partition coefficient (Wildman–Crippen LogP) is 6.14. The van der Waals surface area contributed by atoms with E-state index in [9.17, 15) is 18.9 Å². The van der Waals surface area contributed by atoms with Gasteiger partial charge in [0.05, 0.1) is 13.2 Å². The van der Waals surface area contributed by atoms with Gasteiger partial charge < -0.3 is 14.0 Å². The number of carbonyl (C=O) groups is 3. The molecule has 6 nitrogen and oxygen atoms in total. The van der Waals surface area contributed by atoms with Crippen molar-refractivity contribution in [2.75, 3.05) is 13.2 Å². The molecule has 1 atom stereocenters. The van der Waals surface area contributed by atoms with Crippen LogP contribution in [0.3, 0.4) is 0 Å². The highest BCUT2D eigenvalue weighted by atomic mass is 31.2. The Hall–Kier alpha value is -3.60. The normalized spacial score (nSPS) is 12.4. The maximum atomic E-state index is 14.7. The number of esters is 1. The van der Waals surface area contributed by atoms with Crippen molar-refractivity contribution in [2.24, 2.45) is 0 Å². The maximum absolute atomic E-state index is 14.7. The Labute approximate surface area is 224 Å². The summed E-state index contributed by atoms with van der Waals surface area (Å²) < 4.78 is 25.2. The third-order valence-corrected chi connectivity index (χ3v) is 8.91. The van der Waals surface area contributed by atoms with Crippen LogP contribution >= 0.6 is 7.14 Å². The Morgan fingerprint density at radius 1 is 0.789 bits per heavy atom. The second-order valence-corrected chi connectivity index (χ2v) is 11.9. The number of carbonyl (C=O) groups excluding carboxylic acids is 3. The molecule has 198 valence electrons. The first-order chi connectivity index (χ1) is 18.0. The van der Waals surface area contributed by atoms with Crippen LogP contribution in [-0.4, -0.2) is 30.2 Å². The minimum absolute atomic E-state index is 0.0968. The minimum Gasteiger partial charge on any atom is -0.460 e. The van der Waals surface area contributed by atoms with Crippen LogP contribution < -0.4 is 5.30 Å². The Morgan fingerprint density at radius 3 is 1.79 bits per heavy atom. The number of hydrogen-bond donors (Lipinski definition) is 0. The molecule has 0 N–H and O–H groups in total. The Kier molecular flexibility index (Phi) is 9.37. The average molecular weight is 533 g/mol. The molecule has 3 aromatic carbocycles. The third kappa shape index (κ3) is 6.09. The van der Waals surface area contributed by atoms with Gasteiger partial charge in [0, 0.05) is 22.5 Å². The van der Waals surface area contributed by atoms with E-state index in [2.05, 4.69) is 6.58 Å². The summed E-state index contributed by atoms with van der Waals surface area (Å²) in [5.41, 5.74) is 3.66. The number of hydrogen-bond acceptors (Lipinski definition) is 6. The second-order valence-electron chi connectivity index (χ2n) is 9.36. The molecular formula is C31H33O6P. The third-order valence-electron chi connectivity index (χ3n) is 6.30. The van der Waals surface area contributed by atoms with Gasteiger partial charge in [-0.05, 0) is 62.4 Å². The monoisotopic (exact) mass is 532 g/mol. The zero-order chi connectivity index (χ0) is 28.0. The topological polar surface area (TPSA) is 86.7 Å². The van der Waals surface area contributed by atoms with Crippen LogP contribution in [0.4, 0.5) is 0 Å². The summed E-state index contributed by atoms with van der Waals surface area (Å²) in [5, 5.41) is 0.217. The molecule has 7 heteroatoms. The molecule has 1 unspecified atom stereocenters. The van der Waals surface area contributed by atoms with Crippen LogP contribution in [0.25, 0.3) is 0 Å². The van der Waals surface area contributed by atoms with E-state index in [1.165, 1.54) is 0 Å². The van der Waals surface area contributed by atoms with E-state index in [-0.39, 0.29) is 30.7 Å². The first kappa shape index (κ1) is 29.0. The van der Waals surface area contributed by atoms with E-state index in [0.29, 0.717) is 27.8 Å². The summed E-state index contributed by atoms with van der Waals surface area (Å²) >= 11 is 0. The van der Waals surface area contributed by atoms with E-state index in [4.69, 9.17) is 9.47 Å². The smallest absolute Gasteiger partial charge is 0.330 e. The molecule has 0 aromatic heterocycles. The van der Waals surface area contributed by atoms with Crippen molar-refractivity contribution < 1.29 is 28.4 Å². The average Bonchev–Trinajstić information content (AvgIpc) is 2.87. The van der Waals surface area contributed by atoms with Crippen LogP contribution in [0, 0.1) is 34.6 Å². The lowest BCUT2D eigenvalue weighted by Crippen LogP contribution is -2.23. The van der Waals surface area contributed by atoms with Crippen molar-refractivity contribution in [1.82, 2.24) is 0 Å². The molecular weight excluding hydrogens is 499 g/mol. The second kappa shape index (κ2) is 12.3. The molecule has 0 aliphatic carbocycles. The molecule has 0 radical (unpaired) electrons. The van der Waals surface area contributed by atoms with Gasteiger partial charge in [-0.1, -0.05) is 66.7 Å². The highest BCUT2D eigenvalue weighted by Gasteiger charge is 2.44. The van der Waals surface area contributed by atoms with E-state index >= 15 is 0 Å². The van der Waals surface area contributed by atoms with Crippen LogP contribution in [0.5, 0.6) is 0 Å². The molecule has 0 spiro atoms. The molecule has 0 amide bonds. The highest BCUT2D eigenvalue weighted by molar-refractivity contribution is 8.01. The zero-order valence-electron chi connectivity index (χ0n) is 22.5. The molecule has 0 saturated heterocycles. The van der Waals surface area contributed by atoms with Crippen LogP contribution in [-0.2, 0) is 25.4 Å². The quantitative estimate of drug-likeness (QED) is 0.128. The molecule has 38 heavy (non-hydrogen) atoms. The van der Waals surface area contributed by atoms with E-state index in [0.717, 1.165) is 17.2 Å². The van der Waals surface area contributed by atoms with Gasteiger partial charge in [-0.15, -0.1) is 0 Å². The lowest BCUT2D eigenvalue weighted by Gasteiger charge is -2.21. The fraction of sp³-hybridized carbons (Fsp3) is 0.258. The number of aryl methyl sites for hydroxylation is 5. The van der Waals surface area contributed by atoms with E-state index in [1.54, 1.807) is 70.2 Å².